The Bertz CT molecular complexity index is 778. The third-order valence-electron chi connectivity index (χ3n) is 3.42. The second kappa shape index (κ2) is 6.95. The fourth-order valence-electron chi connectivity index (χ4n) is 2.25. The molecule has 0 aliphatic rings. The number of nitrogens with zero attached hydrogens (tertiary/aromatic N) is 2. The maximum atomic E-state index is 12.4. The first-order chi connectivity index (χ1) is 10.8. The van der Waals surface area contributed by atoms with Crippen molar-refractivity contribution >= 4 is 23.4 Å². The molecular weight excluding hydrogens is 312 g/mol. The zero-order valence-electron chi connectivity index (χ0n) is 13.9. The Morgan fingerprint density at radius 2 is 1.78 bits per heavy atom. The molecule has 122 valence electrons. The van der Waals surface area contributed by atoms with E-state index < -0.39 is 5.25 Å². The number of aromatic amines is 1. The van der Waals surface area contributed by atoms with Gasteiger partial charge < -0.3 is 5.32 Å². The Hall–Kier alpha value is -2.15. The lowest BCUT2D eigenvalue weighted by molar-refractivity contribution is -0.115. The summed E-state index contributed by atoms with van der Waals surface area (Å²) >= 11 is 1.17. The topological polar surface area (TPSA) is 87.7 Å². The zero-order chi connectivity index (χ0) is 17.1. The molecule has 0 aliphatic carbocycles. The highest BCUT2D eigenvalue weighted by atomic mass is 32.2. The van der Waals surface area contributed by atoms with Crippen LogP contribution in [-0.2, 0) is 4.79 Å². The second-order valence-corrected chi connectivity index (χ2v) is 6.90. The first-order valence-electron chi connectivity index (χ1n) is 7.27. The molecule has 0 saturated carbocycles. The van der Waals surface area contributed by atoms with Crippen LogP contribution in [0.15, 0.2) is 22.1 Å². The highest BCUT2D eigenvalue weighted by molar-refractivity contribution is 8.00. The molecule has 0 radical (unpaired) electrons. The molecule has 1 aromatic heterocycles. The van der Waals surface area contributed by atoms with Crippen LogP contribution < -0.4 is 10.9 Å². The minimum absolute atomic E-state index is 0.145. The first-order valence-corrected chi connectivity index (χ1v) is 8.15. The lowest BCUT2D eigenvalue weighted by Crippen LogP contribution is -2.24. The van der Waals surface area contributed by atoms with E-state index in [1.54, 1.807) is 13.8 Å². The van der Waals surface area contributed by atoms with Crippen LogP contribution in [0.5, 0.6) is 0 Å². The fourth-order valence-corrected chi connectivity index (χ4v) is 2.99. The molecule has 1 aromatic carbocycles. The van der Waals surface area contributed by atoms with Crippen LogP contribution in [0.1, 0.15) is 29.3 Å². The number of carbonyl (C=O) groups excluding carboxylic acids is 1. The molecule has 0 aliphatic heterocycles. The van der Waals surface area contributed by atoms with E-state index >= 15 is 0 Å². The number of carbonyl (C=O) groups is 1. The minimum Gasteiger partial charge on any atom is -0.325 e. The molecule has 2 aromatic rings. The molecule has 23 heavy (non-hydrogen) atoms. The third kappa shape index (κ3) is 4.19. The summed E-state index contributed by atoms with van der Waals surface area (Å²) < 4.78 is 0. The summed E-state index contributed by atoms with van der Waals surface area (Å²) in [6.45, 7) is 9.31. The predicted octanol–water partition coefficient (Wildman–Crippen LogP) is 2.52. The number of nitrogens with one attached hydrogen (secondary N) is 2. The molecule has 7 heteroatoms. The molecule has 1 heterocycles. The van der Waals surface area contributed by atoms with Gasteiger partial charge in [0.15, 0.2) is 5.16 Å². The number of thioether (sulfide) groups is 1. The van der Waals surface area contributed by atoms with Crippen molar-refractivity contribution in [3.63, 3.8) is 0 Å². The largest absolute Gasteiger partial charge is 0.325 e. The average Bonchev–Trinajstić information content (AvgIpc) is 2.46. The summed E-state index contributed by atoms with van der Waals surface area (Å²) in [5, 5.41) is 10.5. The van der Waals surface area contributed by atoms with E-state index in [4.69, 9.17) is 0 Å². The number of hydrogen-bond acceptors (Lipinski definition) is 5. The Morgan fingerprint density at radius 1 is 1.17 bits per heavy atom. The fraction of sp³-hybridized carbons (Fsp3) is 0.375. The summed E-state index contributed by atoms with van der Waals surface area (Å²) in [5.41, 5.74) is 4.05. The summed E-state index contributed by atoms with van der Waals surface area (Å²) in [6, 6.07) is 4.06. The van der Waals surface area contributed by atoms with Gasteiger partial charge in [-0.05, 0) is 45.7 Å². The lowest BCUT2D eigenvalue weighted by atomic mass is 10.1. The van der Waals surface area contributed by atoms with Crippen molar-refractivity contribution in [1.29, 1.82) is 0 Å². The monoisotopic (exact) mass is 332 g/mol. The van der Waals surface area contributed by atoms with Crippen molar-refractivity contribution in [2.45, 2.75) is 45.0 Å². The van der Waals surface area contributed by atoms with E-state index in [-0.39, 0.29) is 11.5 Å². The van der Waals surface area contributed by atoms with E-state index in [1.807, 2.05) is 32.9 Å². The maximum Gasteiger partial charge on any atom is 0.273 e. The van der Waals surface area contributed by atoms with Crippen LogP contribution in [0.2, 0.25) is 0 Å². The molecule has 0 unspecified atom stereocenters. The highest BCUT2D eigenvalue weighted by Gasteiger charge is 2.18. The van der Waals surface area contributed by atoms with E-state index in [1.165, 1.54) is 11.8 Å². The van der Waals surface area contributed by atoms with Crippen LogP contribution >= 0.6 is 11.8 Å². The van der Waals surface area contributed by atoms with E-state index in [9.17, 15) is 9.59 Å². The van der Waals surface area contributed by atoms with Gasteiger partial charge in [-0.3, -0.25) is 14.6 Å². The normalized spacial score (nSPS) is 12.0. The standard InChI is InChI=1S/C16H20N4O2S/c1-8-6-9(2)13(10(3)7-8)17-15(22)12(5)23-16-18-14(21)11(4)19-20-16/h6-7,12H,1-5H3,(H,17,22)(H,18,20,21)/t12-/m1/s1. The van der Waals surface area contributed by atoms with Gasteiger partial charge in [0.25, 0.3) is 5.56 Å². The van der Waals surface area contributed by atoms with E-state index in [0.717, 1.165) is 22.4 Å². The first kappa shape index (κ1) is 17.2. The van der Waals surface area contributed by atoms with E-state index in [2.05, 4.69) is 20.5 Å². The predicted molar refractivity (Wildman–Crippen MR) is 92.0 cm³/mol. The van der Waals surface area contributed by atoms with Crippen molar-refractivity contribution in [3.8, 4) is 0 Å². The Balaban J connectivity index is 2.11. The number of anilines is 1. The van der Waals surface area contributed by atoms with Gasteiger partial charge >= 0.3 is 0 Å². The zero-order valence-corrected chi connectivity index (χ0v) is 14.7. The maximum absolute atomic E-state index is 12.4. The summed E-state index contributed by atoms with van der Waals surface area (Å²) in [5.74, 6) is -0.145. The number of benzene rings is 1. The quantitative estimate of drug-likeness (QED) is 0.840. The molecule has 0 bridgehead atoms. The van der Waals surface area contributed by atoms with Gasteiger partial charge in [0, 0.05) is 5.69 Å². The molecule has 0 fully saturated rings. The van der Waals surface area contributed by atoms with Crippen molar-refractivity contribution in [1.82, 2.24) is 15.2 Å². The molecule has 6 nitrogen and oxygen atoms in total. The molecule has 2 rings (SSSR count). The van der Waals surface area contributed by atoms with Gasteiger partial charge in [-0.2, -0.15) is 0 Å². The second-order valence-electron chi connectivity index (χ2n) is 5.57. The third-order valence-corrected chi connectivity index (χ3v) is 4.40. The van der Waals surface area contributed by atoms with Crippen LogP contribution in [0.25, 0.3) is 0 Å². The average molecular weight is 332 g/mol. The van der Waals surface area contributed by atoms with Crippen molar-refractivity contribution in [2.24, 2.45) is 0 Å². The van der Waals surface area contributed by atoms with Crippen LogP contribution in [0.3, 0.4) is 0 Å². The van der Waals surface area contributed by atoms with Crippen molar-refractivity contribution in [2.75, 3.05) is 5.32 Å². The highest BCUT2D eigenvalue weighted by Crippen LogP contribution is 2.24. The smallest absolute Gasteiger partial charge is 0.273 e. The van der Waals surface area contributed by atoms with Gasteiger partial charge in [0.2, 0.25) is 5.91 Å². The van der Waals surface area contributed by atoms with Gasteiger partial charge in [-0.1, -0.05) is 29.5 Å². The van der Waals surface area contributed by atoms with Gasteiger partial charge in [-0.15, -0.1) is 10.2 Å². The van der Waals surface area contributed by atoms with Crippen LogP contribution in [0, 0.1) is 27.7 Å². The van der Waals surface area contributed by atoms with Gasteiger partial charge in [0.05, 0.1) is 5.25 Å². The molecule has 0 saturated heterocycles. The Morgan fingerprint density at radius 3 is 2.35 bits per heavy atom. The van der Waals surface area contributed by atoms with Crippen molar-refractivity contribution < 1.29 is 4.79 Å². The Labute approximate surface area is 139 Å². The number of H-pyrrole nitrogens is 1. The summed E-state index contributed by atoms with van der Waals surface area (Å²) in [4.78, 5) is 26.5. The number of amides is 1. The summed E-state index contributed by atoms with van der Waals surface area (Å²) in [6.07, 6.45) is 0. The lowest BCUT2D eigenvalue weighted by Gasteiger charge is -2.15. The van der Waals surface area contributed by atoms with Gasteiger partial charge in [-0.25, -0.2) is 0 Å². The summed E-state index contributed by atoms with van der Waals surface area (Å²) in [7, 11) is 0. The molecule has 2 N–H and O–H groups in total. The van der Waals surface area contributed by atoms with E-state index in [0.29, 0.717) is 10.9 Å². The minimum atomic E-state index is -0.414. The number of rotatable bonds is 4. The van der Waals surface area contributed by atoms with Gasteiger partial charge in [0.1, 0.15) is 5.69 Å². The Kier molecular flexibility index (Phi) is 5.20. The molecular formula is C16H20N4O2S. The number of aryl methyl sites for hydroxylation is 4. The van der Waals surface area contributed by atoms with Crippen molar-refractivity contribution in [3.05, 3.63) is 44.9 Å². The molecule has 1 atom stereocenters. The number of aromatic nitrogens is 3. The molecule has 0 spiro atoms. The SMILES string of the molecule is Cc1cc(C)c(NC(=O)[C@@H](C)Sc2nnc(C)c(=O)[nH]2)c(C)c1. The van der Waals surface area contributed by atoms with Crippen LogP contribution in [-0.4, -0.2) is 26.3 Å². The molecule has 1 amide bonds. The van der Waals surface area contributed by atoms with Crippen LogP contribution in [0.4, 0.5) is 5.69 Å². The number of hydrogen-bond donors (Lipinski definition) is 2.